The van der Waals surface area contributed by atoms with E-state index in [1.807, 2.05) is 53.2 Å². The van der Waals surface area contributed by atoms with Crippen LogP contribution in [0.1, 0.15) is 37.7 Å². The van der Waals surface area contributed by atoms with Gasteiger partial charge in [0.2, 0.25) is 0 Å². The first-order chi connectivity index (χ1) is 17.0. The van der Waals surface area contributed by atoms with E-state index in [0.29, 0.717) is 31.1 Å². The Balaban J connectivity index is 1.36. The zero-order chi connectivity index (χ0) is 24.7. The number of carbonyl (C=O) groups excluding carboxylic acids is 2. The van der Waals surface area contributed by atoms with Gasteiger partial charge in [0.25, 0.3) is 11.8 Å². The maximum Gasteiger partial charge on any atom is 0.260 e. The van der Waals surface area contributed by atoms with Crippen molar-refractivity contribution in [2.24, 2.45) is 5.41 Å². The van der Waals surface area contributed by atoms with Crippen molar-refractivity contribution in [3.05, 3.63) is 54.1 Å². The number of nitrogens with zero attached hydrogens (tertiary/aromatic N) is 2. The summed E-state index contributed by atoms with van der Waals surface area (Å²) in [6.07, 6.45) is 5.91. The minimum Gasteiger partial charge on any atom is -0.493 e. The second-order valence-electron chi connectivity index (χ2n) is 9.67. The van der Waals surface area contributed by atoms with Gasteiger partial charge in [-0.2, -0.15) is 0 Å². The third-order valence-corrected chi connectivity index (χ3v) is 7.32. The Bertz CT molecular complexity index is 1020. The molecule has 2 aliphatic rings. The molecule has 7 heteroatoms. The molecule has 0 radical (unpaired) electrons. The summed E-state index contributed by atoms with van der Waals surface area (Å²) in [4.78, 5) is 29.4. The molecule has 2 aliphatic heterocycles. The van der Waals surface area contributed by atoms with Gasteiger partial charge in [-0.1, -0.05) is 36.8 Å². The summed E-state index contributed by atoms with van der Waals surface area (Å²) in [5, 5.41) is 0. The number of amides is 2. The highest BCUT2D eigenvalue weighted by Gasteiger charge is 2.37. The molecular weight excluding hydrogens is 444 g/mol. The predicted octanol–water partition coefficient (Wildman–Crippen LogP) is 3.95. The SMILES string of the molecule is COc1ccccc1OCC(=O)N1CCC2(CCCCc3ccccc3OCC(=O)N(C)C2)CC1. The third-order valence-electron chi connectivity index (χ3n) is 7.32. The van der Waals surface area contributed by atoms with Gasteiger partial charge >= 0.3 is 0 Å². The van der Waals surface area contributed by atoms with Crippen LogP contribution < -0.4 is 14.2 Å². The molecule has 1 fully saturated rings. The van der Waals surface area contributed by atoms with Crippen LogP contribution in [0, 0.1) is 5.41 Å². The van der Waals surface area contributed by atoms with E-state index in [0.717, 1.165) is 49.8 Å². The summed E-state index contributed by atoms with van der Waals surface area (Å²) >= 11 is 0. The van der Waals surface area contributed by atoms with Crippen LogP contribution in [0.3, 0.4) is 0 Å². The van der Waals surface area contributed by atoms with E-state index >= 15 is 0 Å². The fraction of sp³-hybridized carbons (Fsp3) is 0.500. The van der Waals surface area contributed by atoms with Crippen molar-refractivity contribution in [1.29, 1.82) is 0 Å². The Morgan fingerprint density at radius 2 is 1.71 bits per heavy atom. The van der Waals surface area contributed by atoms with E-state index in [2.05, 4.69) is 6.07 Å². The van der Waals surface area contributed by atoms with Gasteiger partial charge < -0.3 is 24.0 Å². The van der Waals surface area contributed by atoms with Crippen LogP contribution >= 0.6 is 0 Å². The number of hydrogen-bond donors (Lipinski definition) is 0. The number of benzene rings is 2. The van der Waals surface area contributed by atoms with Crippen molar-refractivity contribution in [2.75, 3.05) is 47.0 Å². The van der Waals surface area contributed by atoms with Crippen molar-refractivity contribution < 1.29 is 23.8 Å². The first-order valence-electron chi connectivity index (χ1n) is 12.5. The summed E-state index contributed by atoms with van der Waals surface area (Å²) in [5.74, 6) is 1.97. The lowest BCUT2D eigenvalue weighted by molar-refractivity contribution is -0.138. The van der Waals surface area contributed by atoms with Crippen LogP contribution in [0.2, 0.25) is 0 Å². The van der Waals surface area contributed by atoms with Crippen LogP contribution in [0.4, 0.5) is 0 Å². The summed E-state index contributed by atoms with van der Waals surface area (Å²) in [6.45, 7) is 2.08. The Morgan fingerprint density at radius 3 is 2.49 bits per heavy atom. The van der Waals surface area contributed by atoms with Gasteiger partial charge in [-0.05, 0) is 61.3 Å². The number of carbonyl (C=O) groups is 2. The van der Waals surface area contributed by atoms with E-state index in [4.69, 9.17) is 14.2 Å². The second kappa shape index (κ2) is 11.5. The maximum absolute atomic E-state index is 12.9. The highest BCUT2D eigenvalue weighted by molar-refractivity contribution is 5.78. The van der Waals surface area contributed by atoms with E-state index < -0.39 is 0 Å². The van der Waals surface area contributed by atoms with Gasteiger partial charge in [0, 0.05) is 26.7 Å². The molecule has 0 N–H and O–H groups in total. The molecule has 1 saturated heterocycles. The Labute approximate surface area is 207 Å². The van der Waals surface area contributed by atoms with Crippen LogP contribution in [0.5, 0.6) is 17.2 Å². The lowest BCUT2D eigenvalue weighted by Crippen LogP contribution is -2.49. The van der Waals surface area contributed by atoms with Crippen molar-refractivity contribution in [2.45, 2.75) is 38.5 Å². The average Bonchev–Trinajstić information content (AvgIpc) is 2.89. The number of piperidine rings is 1. The molecule has 2 amide bonds. The molecule has 0 aromatic heterocycles. The normalized spacial score (nSPS) is 18.6. The molecule has 2 aromatic rings. The van der Waals surface area contributed by atoms with Gasteiger partial charge in [-0.3, -0.25) is 9.59 Å². The minimum absolute atomic E-state index is 0.0107. The van der Waals surface area contributed by atoms with Crippen LogP contribution in [-0.2, 0) is 16.0 Å². The summed E-state index contributed by atoms with van der Waals surface area (Å²) in [6, 6.07) is 15.3. The van der Waals surface area contributed by atoms with Crippen LogP contribution in [-0.4, -0.2) is 68.6 Å². The monoisotopic (exact) mass is 480 g/mol. The number of hydrogen-bond acceptors (Lipinski definition) is 5. The van der Waals surface area contributed by atoms with E-state index in [-0.39, 0.29) is 30.4 Å². The molecule has 7 nitrogen and oxygen atoms in total. The van der Waals surface area contributed by atoms with Gasteiger partial charge in [0.1, 0.15) is 5.75 Å². The lowest BCUT2D eigenvalue weighted by atomic mass is 9.73. The first-order valence-corrected chi connectivity index (χ1v) is 12.5. The molecule has 0 atom stereocenters. The number of rotatable bonds is 4. The third kappa shape index (κ3) is 6.27. The Morgan fingerprint density at radius 1 is 1.00 bits per heavy atom. The Kier molecular flexibility index (Phi) is 8.16. The van der Waals surface area contributed by atoms with Gasteiger partial charge in [0.05, 0.1) is 7.11 Å². The molecule has 1 spiro atoms. The van der Waals surface area contributed by atoms with Crippen molar-refractivity contribution in [3.8, 4) is 17.2 Å². The van der Waals surface area contributed by atoms with E-state index in [1.54, 1.807) is 13.2 Å². The number of likely N-dealkylation sites (tertiary alicyclic amines) is 1. The molecule has 188 valence electrons. The zero-order valence-corrected chi connectivity index (χ0v) is 20.8. The second-order valence-corrected chi connectivity index (χ2v) is 9.67. The highest BCUT2D eigenvalue weighted by atomic mass is 16.5. The highest BCUT2D eigenvalue weighted by Crippen LogP contribution is 2.38. The predicted molar refractivity (Wildman–Crippen MR) is 134 cm³/mol. The topological polar surface area (TPSA) is 68.3 Å². The summed E-state index contributed by atoms with van der Waals surface area (Å²) < 4.78 is 16.9. The Hall–Kier alpha value is -3.22. The average molecular weight is 481 g/mol. The summed E-state index contributed by atoms with van der Waals surface area (Å²) in [7, 11) is 3.45. The van der Waals surface area contributed by atoms with E-state index in [1.165, 1.54) is 0 Å². The number of aryl methyl sites for hydroxylation is 1. The number of fused-ring (bicyclic) bond motifs is 1. The fourth-order valence-electron chi connectivity index (χ4n) is 5.19. The molecule has 35 heavy (non-hydrogen) atoms. The first kappa shape index (κ1) is 24.9. The van der Waals surface area contributed by atoms with Crippen LogP contribution in [0.25, 0.3) is 0 Å². The standard InChI is InChI=1S/C28H36N2O5/c1-29-21-28(14-8-7-10-22-9-3-4-11-23(22)34-19-26(29)31)15-17-30(18-16-28)27(32)20-35-25-13-6-5-12-24(25)33-2/h3-6,9,11-13H,7-8,10,14-21H2,1-2H3. The molecule has 0 saturated carbocycles. The molecule has 0 aliphatic carbocycles. The van der Waals surface area contributed by atoms with Gasteiger partial charge in [-0.25, -0.2) is 0 Å². The molecule has 4 rings (SSSR count). The van der Waals surface area contributed by atoms with Crippen molar-refractivity contribution in [3.63, 3.8) is 0 Å². The smallest absolute Gasteiger partial charge is 0.260 e. The van der Waals surface area contributed by atoms with Crippen molar-refractivity contribution in [1.82, 2.24) is 9.80 Å². The number of methoxy groups -OCH3 is 1. The maximum atomic E-state index is 12.9. The van der Waals surface area contributed by atoms with Crippen molar-refractivity contribution >= 4 is 11.8 Å². The fourth-order valence-corrected chi connectivity index (χ4v) is 5.19. The van der Waals surface area contributed by atoms with Gasteiger partial charge in [0.15, 0.2) is 24.7 Å². The molecule has 0 bridgehead atoms. The molecular formula is C28H36N2O5. The summed E-state index contributed by atoms with van der Waals surface area (Å²) in [5.41, 5.74) is 1.18. The molecule has 2 aromatic carbocycles. The lowest BCUT2D eigenvalue weighted by Gasteiger charge is -2.44. The largest absolute Gasteiger partial charge is 0.493 e. The molecule has 2 heterocycles. The van der Waals surface area contributed by atoms with Crippen LogP contribution in [0.15, 0.2) is 48.5 Å². The minimum atomic E-state index is -0.0200. The van der Waals surface area contributed by atoms with E-state index in [9.17, 15) is 9.59 Å². The number of likely N-dealkylation sites (N-methyl/N-ethyl adjacent to an activating group) is 1. The molecule has 0 unspecified atom stereocenters. The zero-order valence-electron chi connectivity index (χ0n) is 20.8. The number of para-hydroxylation sites is 3. The van der Waals surface area contributed by atoms with Gasteiger partial charge in [-0.15, -0.1) is 0 Å². The quantitative estimate of drug-likeness (QED) is 0.663. The number of ether oxygens (including phenoxy) is 3.